The Bertz CT molecular complexity index is 1050. The highest BCUT2D eigenvalue weighted by atomic mass is 16.5. The molecule has 0 fully saturated rings. The Balaban J connectivity index is 1.79. The van der Waals surface area contributed by atoms with Gasteiger partial charge in [0.25, 0.3) is 5.91 Å². The second-order valence-electron chi connectivity index (χ2n) is 6.35. The molecule has 3 N–H and O–H groups in total. The molecule has 0 saturated heterocycles. The van der Waals surface area contributed by atoms with E-state index in [-0.39, 0.29) is 5.76 Å². The summed E-state index contributed by atoms with van der Waals surface area (Å²) in [7, 11) is 4.67. The van der Waals surface area contributed by atoms with Gasteiger partial charge in [-0.2, -0.15) is 0 Å². The van der Waals surface area contributed by atoms with E-state index in [4.69, 9.17) is 24.4 Å². The van der Waals surface area contributed by atoms with Crippen molar-refractivity contribution in [1.82, 2.24) is 0 Å². The largest absolute Gasteiger partial charge is 0.496 e. The number of carbonyl (C=O) groups is 2. The first-order chi connectivity index (χ1) is 14.4. The van der Waals surface area contributed by atoms with Crippen LogP contribution in [0.15, 0.2) is 52.9 Å². The number of anilines is 1. The number of hydrogen-bond donors (Lipinski definition) is 2. The number of primary amides is 1. The molecule has 0 unspecified atom stereocenters. The first-order valence-corrected chi connectivity index (χ1v) is 9.04. The van der Waals surface area contributed by atoms with Crippen LogP contribution in [0.2, 0.25) is 0 Å². The van der Waals surface area contributed by atoms with Gasteiger partial charge in [-0.15, -0.1) is 0 Å². The van der Waals surface area contributed by atoms with Gasteiger partial charge in [0.1, 0.15) is 23.0 Å². The topological polar surface area (TPSA) is 113 Å². The van der Waals surface area contributed by atoms with E-state index in [1.807, 2.05) is 0 Å². The van der Waals surface area contributed by atoms with E-state index in [2.05, 4.69) is 5.32 Å². The number of hydrogen-bond acceptors (Lipinski definition) is 6. The second kappa shape index (κ2) is 9.04. The normalized spacial score (nSPS) is 10.4. The fourth-order valence-electron chi connectivity index (χ4n) is 2.96. The number of benzene rings is 2. The van der Waals surface area contributed by atoms with Crippen LogP contribution in [0.25, 0.3) is 0 Å². The zero-order chi connectivity index (χ0) is 21.7. The van der Waals surface area contributed by atoms with E-state index in [1.54, 1.807) is 63.8 Å². The number of carbonyl (C=O) groups excluding carboxylic acids is 2. The molecule has 0 aliphatic carbocycles. The van der Waals surface area contributed by atoms with Crippen molar-refractivity contribution in [1.29, 1.82) is 0 Å². The van der Waals surface area contributed by atoms with Gasteiger partial charge in [0.15, 0.2) is 5.76 Å². The number of ether oxygens (including phenoxy) is 3. The zero-order valence-electron chi connectivity index (χ0n) is 16.9. The molecule has 8 heteroatoms. The second-order valence-corrected chi connectivity index (χ2v) is 6.35. The molecule has 0 aliphatic rings. The lowest BCUT2D eigenvalue weighted by molar-refractivity contribution is 0.0987. The molecule has 156 valence electrons. The first kappa shape index (κ1) is 20.8. The minimum atomic E-state index is -0.575. The third kappa shape index (κ3) is 4.54. The van der Waals surface area contributed by atoms with Crippen LogP contribution in [0.4, 0.5) is 5.69 Å². The highest BCUT2D eigenvalue weighted by Gasteiger charge is 2.18. The molecule has 0 saturated carbocycles. The van der Waals surface area contributed by atoms with Crippen LogP contribution in [0.3, 0.4) is 0 Å². The standard InChI is InChI=1S/C22H22N2O6/c1-27-16-11-19(28-2)17(20(12-16)29-3)10-15-7-8-18(30-15)22(26)24-14-6-4-5-13(9-14)21(23)25/h4-9,11-12H,10H2,1-3H3,(H2,23,25)(H,24,26). The van der Waals surface area contributed by atoms with Crippen molar-refractivity contribution in [2.75, 3.05) is 26.6 Å². The summed E-state index contributed by atoms with van der Waals surface area (Å²) in [5.74, 6) is 1.41. The van der Waals surface area contributed by atoms with E-state index in [1.165, 1.54) is 6.07 Å². The van der Waals surface area contributed by atoms with Crippen molar-refractivity contribution < 1.29 is 28.2 Å². The average molecular weight is 410 g/mol. The summed E-state index contributed by atoms with van der Waals surface area (Å²) < 4.78 is 21.9. The van der Waals surface area contributed by atoms with Gasteiger partial charge in [-0.25, -0.2) is 0 Å². The van der Waals surface area contributed by atoms with Gasteiger partial charge in [-0.1, -0.05) is 6.07 Å². The Morgan fingerprint density at radius 1 is 0.967 bits per heavy atom. The molecule has 30 heavy (non-hydrogen) atoms. The quantitative estimate of drug-likeness (QED) is 0.589. The summed E-state index contributed by atoms with van der Waals surface area (Å²) in [6.07, 6.45) is 0.348. The van der Waals surface area contributed by atoms with Crippen LogP contribution in [0.5, 0.6) is 17.2 Å². The monoisotopic (exact) mass is 410 g/mol. The molecule has 3 aromatic rings. The van der Waals surface area contributed by atoms with Crippen LogP contribution in [-0.4, -0.2) is 33.1 Å². The summed E-state index contributed by atoms with van der Waals surface area (Å²) in [5.41, 5.74) is 6.76. The number of amides is 2. The Morgan fingerprint density at radius 2 is 1.67 bits per heavy atom. The summed E-state index contributed by atoms with van der Waals surface area (Å²) in [6, 6.07) is 13.1. The number of nitrogens with two attached hydrogens (primary N) is 1. The molecule has 2 amide bonds. The molecule has 0 atom stereocenters. The summed E-state index contributed by atoms with van der Waals surface area (Å²) >= 11 is 0. The van der Waals surface area contributed by atoms with Gasteiger partial charge in [-0.3, -0.25) is 9.59 Å². The van der Waals surface area contributed by atoms with Gasteiger partial charge in [0.2, 0.25) is 5.91 Å². The predicted octanol–water partition coefficient (Wildman–Crippen LogP) is 3.25. The summed E-state index contributed by atoms with van der Waals surface area (Å²) in [4.78, 5) is 23.8. The maximum atomic E-state index is 12.5. The smallest absolute Gasteiger partial charge is 0.291 e. The highest BCUT2D eigenvalue weighted by molar-refractivity contribution is 6.03. The fraction of sp³-hybridized carbons (Fsp3) is 0.182. The number of methoxy groups -OCH3 is 3. The first-order valence-electron chi connectivity index (χ1n) is 9.04. The highest BCUT2D eigenvalue weighted by Crippen LogP contribution is 2.35. The van der Waals surface area contributed by atoms with E-state index >= 15 is 0 Å². The molecule has 0 spiro atoms. The lowest BCUT2D eigenvalue weighted by Crippen LogP contribution is -2.14. The SMILES string of the molecule is COc1cc(OC)c(Cc2ccc(C(=O)Nc3cccc(C(N)=O)c3)o2)c(OC)c1. The maximum Gasteiger partial charge on any atom is 0.291 e. The van der Waals surface area contributed by atoms with Crippen LogP contribution < -0.4 is 25.3 Å². The molecular formula is C22H22N2O6. The van der Waals surface area contributed by atoms with Gasteiger partial charge >= 0.3 is 0 Å². The van der Waals surface area contributed by atoms with Gasteiger partial charge in [0, 0.05) is 35.4 Å². The molecular weight excluding hydrogens is 388 g/mol. The van der Waals surface area contributed by atoms with Crippen molar-refractivity contribution in [2.45, 2.75) is 6.42 Å². The molecule has 1 heterocycles. The van der Waals surface area contributed by atoms with Gasteiger partial charge in [-0.05, 0) is 30.3 Å². The van der Waals surface area contributed by atoms with Crippen molar-refractivity contribution in [3.63, 3.8) is 0 Å². The molecule has 0 radical (unpaired) electrons. The van der Waals surface area contributed by atoms with Crippen molar-refractivity contribution in [3.05, 3.63) is 71.2 Å². The number of rotatable bonds is 8. The molecule has 0 bridgehead atoms. The predicted molar refractivity (Wildman–Crippen MR) is 111 cm³/mol. The van der Waals surface area contributed by atoms with E-state index < -0.39 is 11.8 Å². The van der Waals surface area contributed by atoms with Crippen molar-refractivity contribution >= 4 is 17.5 Å². The van der Waals surface area contributed by atoms with Crippen LogP contribution in [0.1, 0.15) is 32.2 Å². The third-order valence-electron chi connectivity index (χ3n) is 4.46. The Hall–Kier alpha value is -3.94. The average Bonchev–Trinajstić information content (AvgIpc) is 3.22. The minimum Gasteiger partial charge on any atom is -0.496 e. The Labute approximate surface area is 173 Å². The molecule has 8 nitrogen and oxygen atoms in total. The Morgan fingerprint density at radius 3 is 2.27 bits per heavy atom. The fourth-order valence-corrected chi connectivity index (χ4v) is 2.96. The maximum absolute atomic E-state index is 12.5. The van der Waals surface area contributed by atoms with Gasteiger partial charge < -0.3 is 29.7 Å². The van der Waals surface area contributed by atoms with Crippen LogP contribution >= 0.6 is 0 Å². The summed E-state index contributed by atoms with van der Waals surface area (Å²) in [5, 5.41) is 2.68. The van der Waals surface area contributed by atoms with Crippen molar-refractivity contribution in [3.8, 4) is 17.2 Å². The number of nitrogens with one attached hydrogen (secondary N) is 1. The van der Waals surface area contributed by atoms with E-state index in [0.29, 0.717) is 40.7 Å². The zero-order valence-corrected chi connectivity index (χ0v) is 16.9. The third-order valence-corrected chi connectivity index (χ3v) is 4.46. The minimum absolute atomic E-state index is 0.126. The summed E-state index contributed by atoms with van der Waals surface area (Å²) in [6.45, 7) is 0. The van der Waals surface area contributed by atoms with Gasteiger partial charge in [0.05, 0.1) is 21.3 Å². The van der Waals surface area contributed by atoms with E-state index in [9.17, 15) is 9.59 Å². The van der Waals surface area contributed by atoms with Crippen molar-refractivity contribution in [2.24, 2.45) is 5.73 Å². The molecule has 0 aliphatic heterocycles. The molecule has 1 aromatic heterocycles. The molecule has 2 aromatic carbocycles. The Kier molecular flexibility index (Phi) is 6.26. The molecule has 3 rings (SSSR count). The van der Waals surface area contributed by atoms with E-state index in [0.717, 1.165) is 5.56 Å². The lowest BCUT2D eigenvalue weighted by atomic mass is 10.1. The van der Waals surface area contributed by atoms with Crippen LogP contribution in [-0.2, 0) is 6.42 Å². The van der Waals surface area contributed by atoms with Crippen LogP contribution in [0, 0.1) is 0 Å². The lowest BCUT2D eigenvalue weighted by Gasteiger charge is -2.14. The number of furan rings is 1.